The number of fused-ring (bicyclic) bond motifs is 7. The zero-order chi connectivity index (χ0) is 23.5. The van der Waals surface area contributed by atoms with Crippen molar-refractivity contribution in [3.63, 3.8) is 0 Å². The Morgan fingerprint density at radius 3 is 2.06 bits per heavy atom. The Kier molecular flexibility index (Phi) is 5.01. The number of hydrogen-bond acceptors (Lipinski definition) is 2. The molecule has 5 aliphatic carbocycles. The predicted molar refractivity (Wildman–Crippen MR) is 134 cm³/mol. The largest absolute Gasteiger partial charge is 0.376 e. The molecule has 0 heterocycles. The summed E-state index contributed by atoms with van der Waals surface area (Å²) in [6.07, 6.45) is 12.7. The standard InChI is InChI=1S/C30H53NO/c1-19(2)20-11-13-26(5)16-17-27(6)21(24(20)26)9-10-23-28(27,7)14-12-22-25(3,4)15-18-30(31,32)29(22,23)8/h19-24,32H,9-18,31H2,1-8H3/t20-,21?,22?,23?,24?,26-,27-,28-,29+,30?/m1/s1. The molecule has 5 unspecified atom stereocenters. The third kappa shape index (κ3) is 2.66. The lowest BCUT2D eigenvalue weighted by molar-refractivity contribution is -0.288. The average Bonchev–Trinajstić information content (AvgIpc) is 3.04. The minimum absolute atomic E-state index is 0.177. The van der Waals surface area contributed by atoms with Gasteiger partial charge in [0.15, 0.2) is 0 Å². The van der Waals surface area contributed by atoms with Crippen LogP contribution in [0.15, 0.2) is 0 Å². The Morgan fingerprint density at radius 2 is 1.41 bits per heavy atom. The van der Waals surface area contributed by atoms with E-state index in [-0.39, 0.29) is 16.2 Å². The second-order valence-electron chi connectivity index (χ2n) is 15.5. The summed E-state index contributed by atoms with van der Waals surface area (Å²) >= 11 is 0. The van der Waals surface area contributed by atoms with E-state index in [1.807, 2.05) is 0 Å². The summed E-state index contributed by atoms with van der Waals surface area (Å²) in [6.45, 7) is 20.3. The summed E-state index contributed by atoms with van der Waals surface area (Å²) in [5.74, 6) is 4.51. The molecule has 2 nitrogen and oxygen atoms in total. The fourth-order valence-electron chi connectivity index (χ4n) is 11.8. The molecule has 32 heavy (non-hydrogen) atoms. The van der Waals surface area contributed by atoms with E-state index in [9.17, 15) is 5.11 Å². The first kappa shape index (κ1) is 23.7. The van der Waals surface area contributed by atoms with Gasteiger partial charge in [0.2, 0.25) is 0 Å². The molecule has 0 aliphatic heterocycles. The van der Waals surface area contributed by atoms with Gasteiger partial charge in [0.1, 0.15) is 5.72 Å². The van der Waals surface area contributed by atoms with E-state index in [1.54, 1.807) is 0 Å². The minimum atomic E-state index is -1.03. The van der Waals surface area contributed by atoms with Crippen LogP contribution in [0.5, 0.6) is 0 Å². The van der Waals surface area contributed by atoms with Crippen LogP contribution in [0.2, 0.25) is 0 Å². The first-order valence-corrected chi connectivity index (χ1v) is 14.2. The van der Waals surface area contributed by atoms with Crippen LogP contribution in [0.25, 0.3) is 0 Å². The van der Waals surface area contributed by atoms with Crippen molar-refractivity contribution in [1.82, 2.24) is 0 Å². The highest BCUT2D eigenvalue weighted by atomic mass is 16.3. The monoisotopic (exact) mass is 443 g/mol. The van der Waals surface area contributed by atoms with Crippen molar-refractivity contribution in [2.45, 2.75) is 125 Å². The van der Waals surface area contributed by atoms with Crippen LogP contribution in [0.1, 0.15) is 120 Å². The molecule has 5 rings (SSSR count). The number of aliphatic hydroxyl groups is 1. The van der Waals surface area contributed by atoms with Crippen LogP contribution < -0.4 is 5.73 Å². The van der Waals surface area contributed by atoms with Crippen LogP contribution in [-0.2, 0) is 0 Å². The van der Waals surface area contributed by atoms with Gasteiger partial charge in [-0.2, -0.15) is 0 Å². The average molecular weight is 444 g/mol. The van der Waals surface area contributed by atoms with Gasteiger partial charge in [-0.15, -0.1) is 0 Å². The smallest absolute Gasteiger partial charge is 0.119 e. The maximum atomic E-state index is 11.8. The summed E-state index contributed by atoms with van der Waals surface area (Å²) in [5, 5.41) is 11.8. The number of rotatable bonds is 1. The van der Waals surface area contributed by atoms with Gasteiger partial charge >= 0.3 is 0 Å². The van der Waals surface area contributed by atoms with Crippen molar-refractivity contribution in [3.8, 4) is 0 Å². The van der Waals surface area contributed by atoms with E-state index in [0.29, 0.717) is 22.7 Å². The molecule has 2 heteroatoms. The van der Waals surface area contributed by atoms with Gasteiger partial charge < -0.3 is 10.8 Å². The predicted octanol–water partition coefficient (Wildman–Crippen LogP) is 7.39. The molecule has 0 saturated heterocycles. The number of hydrogen-bond donors (Lipinski definition) is 2. The molecule has 5 saturated carbocycles. The third-order valence-electron chi connectivity index (χ3n) is 13.9. The highest BCUT2D eigenvalue weighted by molar-refractivity contribution is 5.21. The zero-order valence-electron chi connectivity index (χ0n) is 22.6. The van der Waals surface area contributed by atoms with E-state index in [1.165, 1.54) is 51.4 Å². The highest BCUT2D eigenvalue weighted by Gasteiger charge is 2.73. The summed E-state index contributed by atoms with van der Waals surface area (Å²) in [6, 6.07) is 0. The highest BCUT2D eigenvalue weighted by Crippen LogP contribution is 2.78. The van der Waals surface area contributed by atoms with Crippen molar-refractivity contribution in [1.29, 1.82) is 0 Å². The van der Waals surface area contributed by atoms with Gasteiger partial charge in [-0.05, 0) is 121 Å². The molecule has 0 radical (unpaired) electrons. The van der Waals surface area contributed by atoms with E-state index in [0.717, 1.165) is 36.5 Å². The molecule has 0 spiro atoms. The minimum Gasteiger partial charge on any atom is -0.376 e. The molecule has 3 N–H and O–H groups in total. The van der Waals surface area contributed by atoms with E-state index >= 15 is 0 Å². The molecule has 0 aromatic heterocycles. The molecule has 184 valence electrons. The van der Waals surface area contributed by atoms with Crippen LogP contribution in [-0.4, -0.2) is 10.8 Å². The summed E-state index contributed by atoms with van der Waals surface area (Å²) in [5.41, 5.74) is 7.18. The molecule has 0 aromatic rings. The van der Waals surface area contributed by atoms with Crippen molar-refractivity contribution in [2.75, 3.05) is 0 Å². The van der Waals surface area contributed by atoms with Crippen LogP contribution in [0.3, 0.4) is 0 Å². The molecule has 10 atom stereocenters. The molecule has 0 aromatic carbocycles. The first-order chi connectivity index (χ1) is 14.6. The topological polar surface area (TPSA) is 46.2 Å². The SMILES string of the molecule is CC(C)[C@H]1CC[C@]2(C)CC[C@]3(C)C(CCC4[C@]5(C)C(CC[C@]43C)C(C)(C)CCC5(N)O)C12. The lowest BCUT2D eigenvalue weighted by atomic mass is 9.31. The second-order valence-corrected chi connectivity index (χ2v) is 15.5. The molecular formula is C30H53NO. The van der Waals surface area contributed by atoms with E-state index in [2.05, 4.69) is 55.4 Å². The van der Waals surface area contributed by atoms with Crippen LogP contribution in [0, 0.1) is 62.6 Å². The molecule has 5 fully saturated rings. The third-order valence-corrected chi connectivity index (χ3v) is 13.9. The zero-order valence-corrected chi connectivity index (χ0v) is 22.6. The van der Waals surface area contributed by atoms with Crippen molar-refractivity contribution < 1.29 is 5.11 Å². The van der Waals surface area contributed by atoms with Crippen molar-refractivity contribution >= 4 is 0 Å². The van der Waals surface area contributed by atoms with E-state index < -0.39 is 5.72 Å². The van der Waals surface area contributed by atoms with Gasteiger partial charge in [0, 0.05) is 5.41 Å². The Hall–Kier alpha value is -0.0800. The van der Waals surface area contributed by atoms with Gasteiger partial charge in [0.05, 0.1) is 0 Å². The lowest BCUT2D eigenvalue weighted by Crippen LogP contribution is -2.73. The van der Waals surface area contributed by atoms with Gasteiger partial charge in [-0.1, -0.05) is 55.4 Å². The van der Waals surface area contributed by atoms with Gasteiger partial charge in [-0.25, -0.2) is 0 Å². The van der Waals surface area contributed by atoms with Crippen molar-refractivity contribution in [3.05, 3.63) is 0 Å². The fraction of sp³-hybridized carbons (Fsp3) is 1.00. The summed E-state index contributed by atoms with van der Waals surface area (Å²) < 4.78 is 0. The van der Waals surface area contributed by atoms with Crippen molar-refractivity contribution in [2.24, 2.45) is 68.3 Å². The summed E-state index contributed by atoms with van der Waals surface area (Å²) in [4.78, 5) is 0. The maximum absolute atomic E-state index is 11.8. The Morgan fingerprint density at radius 1 is 0.719 bits per heavy atom. The van der Waals surface area contributed by atoms with Gasteiger partial charge in [0.25, 0.3) is 0 Å². The normalized spacial score (nSPS) is 59.2. The Bertz CT molecular complexity index is 771. The van der Waals surface area contributed by atoms with Crippen LogP contribution in [0.4, 0.5) is 0 Å². The van der Waals surface area contributed by atoms with Gasteiger partial charge in [-0.3, -0.25) is 0 Å². The molecular weight excluding hydrogens is 390 g/mol. The maximum Gasteiger partial charge on any atom is 0.119 e. The molecule has 0 amide bonds. The van der Waals surface area contributed by atoms with Crippen LogP contribution >= 0.6 is 0 Å². The van der Waals surface area contributed by atoms with E-state index in [4.69, 9.17) is 5.73 Å². The first-order valence-electron chi connectivity index (χ1n) is 14.2. The fourth-order valence-corrected chi connectivity index (χ4v) is 11.8. The summed E-state index contributed by atoms with van der Waals surface area (Å²) in [7, 11) is 0. The Balaban J connectivity index is 1.58. The quantitative estimate of drug-likeness (QED) is 0.415. The Labute approximate surface area is 198 Å². The number of nitrogens with two attached hydrogens (primary N) is 1. The molecule has 5 aliphatic rings. The second kappa shape index (κ2) is 6.77. The lowest BCUT2D eigenvalue weighted by Gasteiger charge is -2.74. The molecule has 0 bridgehead atoms.